The van der Waals surface area contributed by atoms with E-state index >= 15 is 0 Å². The summed E-state index contributed by atoms with van der Waals surface area (Å²) in [4.78, 5) is 11.9. The third-order valence-electron chi connectivity index (χ3n) is 3.62. The largest absolute Gasteiger partial charge is 0.494 e. The molecule has 2 N–H and O–H groups in total. The molecule has 2 atom stereocenters. The summed E-state index contributed by atoms with van der Waals surface area (Å²) in [6.07, 6.45) is 1.77. The van der Waals surface area contributed by atoms with Gasteiger partial charge in [-0.05, 0) is 51.0 Å². The molecule has 21 heavy (non-hydrogen) atoms. The molecule has 1 aromatic carbocycles. The molecule has 0 bridgehead atoms. The van der Waals surface area contributed by atoms with Gasteiger partial charge in [-0.2, -0.15) is 0 Å². The summed E-state index contributed by atoms with van der Waals surface area (Å²) in [6.45, 7) is 4.71. The maximum atomic E-state index is 11.9. The summed E-state index contributed by atoms with van der Waals surface area (Å²) in [5.41, 5.74) is 5.21. The van der Waals surface area contributed by atoms with E-state index in [9.17, 15) is 4.79 Å². The maximum absolute atomic E-state index is 11.9. The van der Waals surface area contributed by atoms with Gasteiger partial charge in [-0.1, -0.05) is 0 Å². The van der Waals surface area contributed by atoms with Crippen LogP contribution in [0, 0.1) is 0 Å². The van der Waals surface area contributed by atoms with Gasteiger partial charge in [0.1, 0.15) is 23.1 Å². The number of nitrogens with two attached hydrogens (primary N) is 1. The SMILES string of the molecule is CCOC(=O)C1(N)CCC(Oc2ccc(OCC)cc2)C1. The Morgan fingerprint density at radius 1 is 1.24 bits per heavy atom. The first kappa shape index (κ1) is 15.6. The van der Waals surface area contributed by atoms with E-state index in [1.807, 2.05) is 31.2 Å². The van der Waals surface area contributed by atoms with E-state index in [0.717, 1.165) is 17.9 Å². The van der Waals surface area contributed by atoms with Gasteiger partial charge in [0.25, 0.3) is 0 Å². The highest BCUT2D eigenvalue weighted by atomic mass is 16.5. The zero-order valence-electron chi connectivity index (χ0n) is 12.6. The standard InChI is InChI=1S/C16H23NO4/c1-3-19-12-5-7-13(8-6-12)21-14-9-10-16(17,11-14)15(18)20-4-2/h5-8,14H,3-4,9-11,17H2,1-2H3. The Kier molecular flexibility index (Phi) is 5.07. The normalized spacial score (nSPS) is 24.6. The van der Waals surface area contributed by atoms with Gasteiger partial charge in [0.15, 0.2) is 0 Å². The quantitative estimate of drug-likeness (QED) is 0.815. The smallest absolute Gasteiger partial charge is 0.326 e. The molecule has 2 unspecified atom stereocenters. The number of benzene rings is 1. The predicted molar refractivity (Wildman–Crippen MR) is 79.4 cm³/mol. The summed E-state index contributed by atoms with van der Waals surface area (Å²) in [7, 11) is 0. The maximum Gasteiger partial charge on any atom is 0.326 e. The molecule has 1 saturated carbocycles. The zero-order chi connectivity index (χ0) is 15.3. The molecule has 1 fully saturated rings. The minimum atomic E-state index is -0.911. The van der Waals surface area contributed by atoms with Crippen LogP contribution in [0.3, 0.4) is 0 Å². The van der Waals surface area contributed by atoms with E-state index in [2.05, 4.69) is 0 Å². The van der Waals surface area contributed by atoms with Crippen LogP contribution in [-0.4, -0.2) is 30.8 Å². The van der Waals surface area contributed by atoms with Gasteiger partial charge in [0, 0.05) is 6.42 Å². The first-order valence-corrected chi connectivity index (χ1v) is 7.43. The fraction of sp³-hybridized carbons (Fsp3) is 0.562. The summed E-state index contributed by atoms with van der Waals surface area (Å²) >= 11 is 0. The third-order valence-corrected chi connectivity index (χ3v) is 3.62. The van der Waals surface area contributed by atoms with Crippen LogP contribution in [-0.2, 0) is 9.53 Å². The lowest BCUT2D eigenvalue weighted by molar-refractivity contribution is -0.149. The fourth-order valence-corrected chi connectivity index (χ4v) is 2.56. The number of hydrogen-bond donors (Lipinski definition) is 1. The van der Waals surface area contributed by atoms with Gasteiger partial charge < -0.3 is 19.9 Å². The Morgan fingerprint density at radius 3 is 2.52 bits per heavy atom. The van der Waals surface area contributed by atoms with Crippen molar-refractivity contribution in [3.05, 3.63) is 24.3 Å². The van der Waals surface area contributed by atoms with Crippen molar-refractivity contribution in [3.8, 4) is 11.5 Å². The van der Waals surface area contributed by atoms with Gasteiger partial charge >= 0.3 is 5.97 Å². The number of rotatable bonds is 6. The van der Waals surface area contributed by atoms with E-state index in [0.29, 0.717) is 26.1 Å². The van der Waals surface area contributed by atoms with Crippen molar-refractivity contribution >= 4 is 5.97 Å². The van der Waals surface area contributed by atoms with Crippen LogP contribution in [0.2, 0.25) is 0 Å². The number of hydrogen-bond acceptors (Lipinski definition) is 5. The summed E-state index contributed by atoms with van der Waals surface area (Å²) < 4.78 is 16.3. The van der Waals surface area contributed by atoms with E-state index in [4.69, 9.17) is 19.9 Å². The molecule has 0 radical (unpaired) electrons. The lowest BCUT2D eigenvalue weighted by Crippen LogP contribution is -2.47. The van der Waals surface area contributed by atoms with Crippen molar-refractivity contribution in [2.75, 3.05) is 13.2 Å². The topological polar surface area (TPSA) is 70.8 Å². The van der Waals surface area contributed by atoms with Crippen LogP contribution in [0.4, 0.5) is 0 Å². The van der Waals surface area contributed by atoms with Gasteiger partial charge in [-0.15, -0.1) is 0 Å². The van der Waals surface area contributed by atoms with Crippen LogP contribution in [0.25, 0.3) is 0 Å². The van der Waals surface area contributed by atoms with Crippen LogP contribution < -0.4 is 15.2 Å². The second-order valence-corrected chi connectivity index (χ2v) is 5.26. The summed E-state index contributed by atoms with van der Waals surface area (Å²) in [5, 5.41) is 0. The van der Waals surface area contributed by atoms with Gasteiger partial charge in [0.05, 0.1) is 13.2 Å². The van der Waals surface area contributed by atoms with Crippen LogP contribution in [0.15, 0.2) is 24.3 Å². The first-order chi connectivity index (χ1) is 10.1. The van der Waals surface area contributed by atoms with Crippen LogP contribution >= 0.6 is 0 Å². The average Bonchev–Trinajstić information content (AvgIpc) is 2.84. The molecule has 0 aliphatic heterocycles. The molecular formula is C16H23NO4. The molecule has 0 saturated heterocycles. The predicted octanol–water partition coefficient (Wildman–Crippen LogP) is 2.28. The molecule has 116 valence electrons. The summed E-state index contributed by atoms with van der Waals surface area (Å²) in [6, 6.07) is 7.47. The highest BCUT2D eigenvalue weighted by Gasteiger charge is 2.44. The van der Waals surface area contributed by atoms with E-state index in [1.54, 1.807) is 6.92 Å². The Hall–Kier alpha value is -1.75. The Bertz CT molecular complexity index is 474. The van der Waals surface area contributed by atoms with E-state index in [-0.39, 0.29) is 12.1 Å². The van der Waals surface area contributed by atoms with Gasteiger partial charge in [-0.25, -0.2) is 0 Å². The van der Waals surface area contributed by atoms with Crippen molar-refractivity contribution in [3.63, 3.8) is 0 Å². The Morgan fingerprint density at radius 2 is 1.90 bits per heavy atom. The lowest BCUT2D eigenvalue weighted by atomic mass is 9.99. The average molecular weight is 293 g/mol. The third kappa shape index (κ3) is 3.88. The monoisotopic (exact) mass is 293 g/mol. The number of ether oxygens (including phenoxy) is 3. The summed E-state index contributed by atoms with van der Waals surface area (Å²) in [5.74, 6) is 1.25. The number of carbonyl (C=O) groups is 1. The molecule has 0 amide bonds. The highest BCUT2D eigenvalue weighted by molar-refractivity contribution is 5.81. The van der Waals surface area contributed by atoms with Crippen molar-refractivity contribution < 1.29 is 19.0 Å². The molecule has 1 aliphatic carbocycles. The minimum Gasteiger partial charge on any atom is -0.494 e. The Balaban J connectivity index is 1.91. The second-order valence-electron chi connectivity index (χ2n) is 5.26. The highest BCUT2D eigenvalue weighted by Crippen LogP contribution is 2.32. The van der Waals surface area contributed by atoms with Crippen molar-refractivity contribution in [1.29, 1.82) is 0 Å². The zero-order valence-corrected chi connectivity index (χ0v) is 12.6. The first-order valence-electron chi connectivity index (χ1n) is 7.43. The van der Waals surface area contributed by atoms with Gasteiger partial charge in [0.2, 0.25) is 0 Å². The molecule has 1 aliphatic rings. The molecule has 2 rings (SSSR count). The Labute approximate surface area is 125 Å². The van der Waals surface area contributed by atoms with E-state index in [1.165, 1.54) is 0 Å². The molecular weight excluding hydrogens is 270 g/mol. The van der Waals surface area contributed by atoms with Crippen LogP contribution in [0.1, 0.15) is 33.1 Å². The molecule has 0 spiro atoms. The van der Waals surface area contributed by atoms with E-state index < -0.39 is 5.54 Å². The van der Waals surface area contributed by atoms with Crippen molar-refractivity contribution in [2.24, 2.45) is 5.73 Å². The number of esters is 1. The minimum absolute atomic E-state index is 0.0580. The molecule has 5 heteroatoms. The lowest BCUT2D eigenvalue weighted by Gasteiger charge is -2.21. The molecule has 1 aromatic rings. The molecule has 5 nitrogen and oxygen atoms in total. The molecule has 0 heterocycles. The molecule has 0 aromatic heterocycles. The van der Waals surface area contributed by atoms with Gasteiger partial charge in [-0.3, -0.25) is 4.79 Å². The second kappa shape index (κ2) is 6.80. The number of carbonyl (C=O) groups excluding carboxylic acids is 1. The van der Waals surface area contributed by atoms with Crippen LogP contribution in [0.5, 0.6) is 11.5 Å². The fourth-order valence-electron chi connectivity index (χ4n) is 2.56. The van der Waals surface area contributed by atoms with Crippen molar-refractivity contribution in [2.45, 2.75) is 44.8 Å². The van der Waals surface area contributed by atoms with Crippen molar-refractivity contribution in [1.82, 2.24) is 0 Å².